The summed E-state index contributed by atoms with van der Waals surface area (Å²) in [6, 6.07) is 7.48. The molecule has 1 rings (SSSR count). The number of nitrogens with one attached hydrogen (secondary N) is 1. The molecule has 0 saturated heterocycles. The monoisotopic (exact) mass is 364 g/mol. The second-order valence-electron chi connectivity index (χ2n) is 5.48. The molecule has 26 heavy (non-hydrogen) atoms. The van der Waals surface area contributed by atoms with E-state index in [4.69, 9.17) is 15.2 Å². The average molecular weight is 364 g/mol. The van der Waals surface area contributed by atoms with Crippen LogP contribution in [0.2, 0.25) is 0 Å². The van der Waals surface area contributed by atoms with Crippen LogP contribution in [0, 0.1) is 5.92 Å². The fourth-order valence-corrected chi connectivity index (χ4v) is 2.36. The van der Waals surface area contributed by atoms with E-state index in [0.29, 0.717) is 0 Å². The summed E-state index contributed by atoms with van der Waals surface area (Å²) in [6.45, 7) is 3.38. The van der Waals surface area contributed by atoms with E-state index in [9.17, 15) is 19.2 Å². The van der Waals surface area contributed by atoms with Crippen molar-refractivity contribution in [3.8, 4) is 0 Å². The van der Waals surface area contributed by atoms with Crippen molar-refractivity contribution in [1.82, 2.24) is 5.32 Å². The summed E-state index contributed by atoms with van der Waals surface area (Å²) in [6.07, 6.45) is -0.425. The number of rotatable bonds is 10. The minimum absolute atomic E-state index is 0.000425. The molecule has 0 aromatic heterocycles. The summed E-state index contributed by atoms with van der Waals surface area (Å²) < 4.78 is 9.73. The largest absolute Gasteiger partial charge is 0.466 e. The van der Waals surface area contributed by atoms with Gasteiger partial charge in [-0.3, -0.25) is 19.2 Å². The highest BCUT2D eigenvalue weighted by Gasteiger charge is 2.37. The Morgan fingerprint density at radius 2 is 1.65 bits per heavy atom. The van der Waals surface area contributed by atoms with Crippen molar-refractivity contribution < 1.29 is 28.7 Å². The zero-order valence-electron chi connectivity index (χ0n) is 14.9. The maximum Gasteiger partial charge on any atom is 0.312 e. The maximum absolute atomic E-state index is 12.2. The van der Waals surface area contributed by atoms with Gasteiger partial charge in [-0.05, 0) is 19.4 Å². The highest BCUT2D eigenvalue weighted by molar-refractivity contribution is 5.93. The summed E-state index contributed by atoms with van der Waals surface area (Å²) in [5.74, 6) is -4.18. The third-order valence-corrected chi connectivity index (χ3v) is 3.51. The number of carbonyl (C=O) groups excluding carboxylic acids is 4. The Morgan fingerprint density at radius 1 is 1.04 bits per heavy atom. The van der Waals surface area contributed by atoms with Gasteiger partial charge in [0.25, 0.3) is 0 Å². The lowest BCUT2D eigenvalue weighted by Crippen LogP contribution is -2.52. The van der Waals surface area contributed by atoms with Crippen molar-refractivity contribution >= 4 is 23.8 Å². The van der Waals surface area contributed by atoms with Gasteiger partial charge in [0.15, 0.2) is 0 Å². The van der Waals surface area contributed by atoms with Crippen molar-refractivity contribution in [1.29, 1.82) is 0 Å². The van der Waals surface area contributed by atoms with Crippen LogP contribution in [0.4, 0.5) is 0 Å². The van der Waals surface area contributed by atoms with E-state index in [-0.39, 0.29) is 19.6 Å². The smallest absolute Gasteiger partial charge is 0.312 e. The van der Waals surface area contributed by atoms with Crippen LogP contribution in [0.1, 0.15) is 25.8 Å². The number of benzene rings is 1. The zero-order chi connectivity index (χ0) is 19.5. The first kappa shape index (κ1) is 21.1. The molecule has 0 aliphatic rings. The summed E-state index contributed by atoms with van der Waals surface area (Å²) in [5.41, 5.74) is 6.08. The van der Waals surface area contributed by atoms with E-state index < -0.39 is 42.1 Å². The number of amides is 2. The van der Waals surface area contributed by atoms with Gasteiger partial charge in [-0.2, -0.15) is 0 Å². The number of hydrogen-bond acceptors (Lipinski definition) is 6. The predicted octanol–water partition coefficient (Wildman–Crippen LogP) is 0.332. The zero-order valence-corrected chi connectivity index (χ0v) is 14.9. The molecule has 3 N–H and O–H groups in total. The number of esters is 2. The lowest BCUT2D eigenvalue weighted by atomic mass is 9.95. The van der Waals surface area contributed by atoms with E-state index in [1.165, 1.54) is 0 Å². The van der Waals surface area contributed by atoms with Gasteiger partial charge >= 0.3 is 11.9 Å². The first-order valence-electron chi connectivity index (χ1n) is 8.33. The maximum atomic E-state index is 12.2. The summed E-state index contributed by atoms with van der Waals surface area (Å²) in [4.78, 5) is 48.0. The van der Waals surface area contributed by atoms with Crippen LogP contribution in [-0.2, 0) is 35.1 Å². The molecule has 0 bridgehead atoms. The molecule has 0 unspecified atom stereocenters. The van der Waals surface area contributed by atoms with Gasteiger partial charge in [0.2, 0.25) is 11.8 Å². The molecule has 0 fully saturated rings. The van der Waals surface area contributed by atoms with E-state index in [0.717, 1.165) is 5.56 Å². The highest BCUT2D eigenvalue weighted by Crippen LogP contribution is 2.14. The van der Waals surface area contributed by atoms with Crippen LogP contribution in [0.25, 0.3) is 0 Å². The van der Waals surface area contributed by atoms with Crippen molar-refractivity contribution in [3.63, 3.8) is 0 Å². The predicted molar refractivity (Wildman–Crippen MR) is 92.6 cm³/mol. The van der Waals surface area contributed by atoms with E-state index in [1.807, 2.05) is 6.07 Å². The molecular formula is C18H24N2O6. The molecule has 2 amide bonds. The minimum Gasteiger partial charge on any atom is -0.466 e. The summed E-state index contributed by atoms with van der Waals surface area (Å²) in [7, 11) is 0. The first-order valence-corrected chi connectivity index (χ1v) is 8.33. The van der Waals surface area contributed by atoms with Gasteiger partial charge in [-0.1, -0.05) is 30.3 Å². The number of primary amides is 1. The Labute approximate surface area is 152 Å². The molecule has 8 heteroatoms. The van der Waals surface area contributed by atoms with Gasteiger partial charge in [0.1, 0.15) is 6.04 Å². The average Bonchev–Trinajstić information content (AvgIpc) is 2.59. The molecule has 0 aliphatic carbocycles. The third kappa shape index (κ3) is 6.92. The van der Waals surface area contributed by atoms with E-state index in [2.05, 4.69) is 5.32 Å². The molecule has 0 radical (unpaired) electrons. The molecule has 0 aliphatic heterocycles. The number of hydrogen-bond donors (Lipinski definition) is 2. The number of carbonyl (C=O) groups is 4. The Balaban J connectivity index is 2.91. The number of nitrogens with two attached hydrogens (primary N) is 1. The molecule has 2 atom stereocenters. The van der Waals surface area contributed by atoms with Crippen LogP contribution >= 0.6 is 0 Å². The lowest BCUT2D eigenvalue weighted by Gasteiger charge is -2.23. The Hall–Kier alpha value is -2.90. The van der Waals surface area contributed by atoms with Gasteiger partial charge in [-0.25, -0.2) is 0 Å². The Morgan fingerprint density at radius 3 is 2.19 bits per heavy atom. The summed E-state index contributed by atoms with van der Waals surface area (Å²) in [5, 5.41) is 2.43. The Kier molecular flexibility index (Phi) is 8.83. The molecule has 0 spiro atoms. The molecule has 1 aromatic rings. The topological polar surface area (TPSA) is 125 Å². The first-order chi connectivity index (χ1) is 12.4. The van der Waals surface area contributed by atoms with Crippen LogP contribution < -0.4 is 11.1 Å². The van der Waals surface area contributed by atoms with Crippen molar-refractivity contribution in [2.24, 2.45) is 11.7 Å². The van der Waals surface area contributed by atoms with Gasteiger partial charge in [0, 0.05) is 0 Å². The third-order valence-electron chi connectivity index (χ3n) is 3.51. The SMILES string of the molecule is CCOC(=O)C[C@H](C(=O)OCC)[C@@H](NC(=O)Cc1ccccc1)C(N)=O. The fraction of sp³-hybridized carbons (Fsp3) is 0.444. The lowest BCUT2D eigenvalue weighted by molar-refractivity contribution is -0.157. The van der Waals surface area contributed by atoms with Gasteiger partial charge in [0.05, 0.1) is 32.0 Å². The van der Waals surface area contributed by atoms with Crippen LogP contribution in [0.3, 0.4) is 0 Å². The normalized spacial score (nSPS) is 12.5. The molecule has 1 aromatic carbocycles. The van der Waals surface area contributed by atoms with Gasteiger partial charge < -0.3 is 20.5 Å². The van der Waals surface area contributed by atoms with Crippen molar-refractivity contribution in [2.45, 2.75) is 32.7 Å². The minimum atomic E-state index is -1.38. The molecular weight excluding hydrogens is 340 g/mol. The molecule has 142 valence electrons. The van der Waals surface area contributed by atoms with Crippen LogP contribution in [-0.4, -0.2) is 43.0 Å². The number of ether oxygens (including phenoxy) is 2. The molecule has 0 saturated carbocycles. The molecule has 0 heterocycles. The highest BCUT2D eigenvalue weighted by atomic mass is 16.5. The van der Waals surface area contributed by atoms with Crippen LogP contribution in [0.5, 0.6) is 0 Å². The fourth-order valence-electron chi connectivity index (χ4n) is 2.36. The van der Waals surface area contributed by atoms with E-state index in [1.54, 1.807) is 38.1 Å². The van der Waals surface area contributed by atoms with Crippen molar-refractivity contribution in [3.05, 3.63) is 35.9 Å². The Bertz CT molecular complexity index is 632. The standard InChI is InChI=1S/C18H24N2O6/c1-3-25-15(22)11-13(18(24)26-4-2)16(17(19)23)20-14(21)10-12-8-6-5-7-9-12/h5-9,13,16H,3-4,10-11H2,1-2H3,(H2,19,23)(H,20,21)/t13-,16+/m0/s1. The second kappa shape index (κ2) is 10.9. The molecule has 8 nitrogen and oxygen atoms in total. The van der Waals surface area contributed by atoms with Crippen LogP contribution in [0.15, 0.2) is 30.3 Å². The van der Waals surface area contributed by atoms with Gasteiger partial charge in [-0.15, -0.1) is 0 Å². The van der Waals surface area contributed by atoms with Crippen molar-refractivity contribution in [2.75, 3.05) is 13.2 Å². The second-order valence-corrected chi connectivity index (χ2v) is 5.48. The quantitative estimate of drug-likeness (QED) is 0.577. The van der Waals surface area contributed by atoms with E-state index >= 15 is 0 Å². The summed E-state index contributed by atoms with van der Waals surface area (Å²) >= 11 is 0.